The normalized spacial score (nSPS) is 51.0. The molecule has 3 saturated carbocycles. The summed E-state index contributed by atoms with van der Waals surface area (Å²) < 4.78 is 11.9. The summed E-state index contributed by atoms with van der Waals surface area (Å²) >= 11 is 0. The molecular weight excluding hydrogens is 304 g/mol. The van der Waals surface area contributed by atoms with Crippen LogP contribution < -0.4 is 0 Å². The summed E-state index contributed by atoms with van der Waals surface area (Å²) in [6.45, 7) is 13.1. The van der Waals surface area contributed by atoms with E-state index < -0.39 is 6.29 Å². The van der Waals surface area contributed by atoms with E-state index in [0.29, 0.717) is 5.92 Å². The van der Waals surface area contributed by atoms with Crippen molar-refractivity contribution in [1.82, 2.24) is 0 Å². The number of rotatable bonds is 3. The minimum Gasteiger partial charge on any atom is -0.459 e. The number of hydrogen-bond acceptors (Lipinski definition) is 4. The molecule has 0 aromatic carbocycles. The van der Waals surface area contributed by atoms with Crippen LogP contribution in [0.25, 0.3) is 0 Å². The van der Waals surface area contributed by atoms with Crippen LogP contribution in [-0.4, -0.2) is 29.6 Å². The number of ether oxygens (including phenoxy) is 2. The quantitative estimate of drug-likeness (QED) is 0.801. The lowest BCUT2D eigenvalue weighted by atomic mass is 9.77. The van der Waals surface area contributed by atoms with Crippen molar-refractivity contribution < 1.29 is 19.4 Å². The first kappa shape index (κ1) is 16.8. The van der Waals surface area contributed by atoms with Crippen LogP contribution in [0, 0.1) is 33.5 Å². The van der Waals surface area contributed by atoms with Gasteiger partial charge in [0.1, 0.15) is 12.2 Å². The molecule has 1 N–H and O–H groups in total. The zero-order chi connectivity index (χ0) is 17.7. The number of aliphatic hydroxyl groups is 1. The highest BCUT2D eigenvalue weighted by Gasteiger charge is 2.71. The lowest BCUT2D eigenvalue weighted by Gasteiger charge is -2.36. The Morgan fingerprint density at radius 2 is 1.79 bits per heavy atom. The minimum absolute atomic E-state index is 0.00840. The van der Waals surface area contributed by atoms with Crippen molar-refractivity contribution in [3.8, 4) is 0 Å². The Hall–Kier alpha value is -0.610. The van der Waals surface area contributed by atoms with Crippen molar-refractivity contribution in [3.05, 3.63) is 0 Å². The Kier molecular flexibility index (Phi) is 3.20. The molecule has 1 heterocycles. The molecule has 4 aliphatic rings. The topological polar surface area (TPSA) is 55.8 Å². The average Bonchev–Trinajstić information content (AvgIpc) is 2.69. The molecule has 0 radical (unpaired) electrons. The predicted octanol–water partition coefficient (Wildman–Crippen LogP) is 3.51. The van der Waals surface area contributed by atoms with Crippen LogP contribution in [0.3, 0.4) is 0 Å². The van der Waals surface area contributed by atoms with Crippen LogP contribution in [0.15, 0.2) is 0 Å². The van der Waals surface area contributed by atoms with E-state index in [1.807, 2.05) is 0 Å². The van der Waals surface area contributed by atoms with Gasteiger partial charge in [-0.1, -0.05) is 41.5 Å². The van der Waals surface area contributed by atoms with E-state index in [9.17, 15) is 9.90 Å². The second-order valence-corrected chi connectivity index (χ2v) is 11.1. The molecule has 4 nitrogen and oxygen atoms in total. The largest absolute Gasteiger partial charge is 0.459 e. The second-order valence-electron chi connectivity index (χ2n) is 11.1. The van der Waals surface area contributed by atoms with Crippen molar-refractivity contribution >= 4 is 5.97 Å². The van der Waals surface area contributed by atoms with Gasteiger partial charge in [-0.2, -0.15) is 0 Å². The van der Waals surface area contributed by atoms with Crippen LogP contribution >= 0.6 is 0 Å². The van der Waals surface area contributed by atoms with Gasteiger partial charge in [-0.3, -0.25) is 4.79 Å². The molecule has 0 aromatic rings. The SMILES string of the molecule is CC(C)(C)CC1(C(=O)OC2C3OC(O)C4CC2(C)CC43)CC1(C)C. The first-order valence-corrected chi connectivity index (χ1v) is 9.43. The summed E-state index contributed by atoms with van der Waals surface area (Å²) in [5.41, 5.74) is -0.292. The summed E-state index contributed by atoms with van der Waals surface area (Å²) in [5, 5.41) is 10.1. The Balaban J connectivity index is 1.55. The van der Waals surface area contributed by atoms with E-state index in [0.717, 1.165) is 25.7 Å². The molecule has 1 aliphatic heterocycles. The molecule has 4 fully saturated rings. The molecule has 4 rings (SSSR count). The number of aliphatic hydroxyl groups excluding tert-OH is 1. The van der Waals surface area contributed by atoms with Crippen LogP contribution in [0.2, 0.25) is 0 Å². The number of carbonyl (C=O) groups excluding carboxylic acids is 1. The highest BCUT2D eigenvalue weighted by Crippen LogP contribution is 2.69. The monoisotopic (exact) mass is 336 g/mol. The van der Waals surface area contributed by atoms with E-state index in [1.54, 1.807) is 0 Å². The molecule has 0 aromatic heterocycles. The van der Waals surface area contributed by atoms with Gasteiger partial charge >= 0.3 is 5.97 Å². The summed E-state index contributed by atoms with van der Waals surface area (Å²) in [4.78, 5) is 13.2. The van der Waals surface area contributed by atoms with Crippen LogP contribution in [-0.2, 0) is 14.3 Å². The van der Waals surface area contributed by atoms with Crippen molar-refractivity contribution in [2.45, 2.75) is 85.7 Å². The van der Waals surface area contributed by atoms with Crippen LogP contribution in [0.1, 0.15) is 67.2 Å². The fourth-order valence-electron chi connectivity index (χ4n) is 6.20. The fraction of sp³-hybridized carbons (Fsp3) is 0.950. The lowest BCUT2D eigenvalue weighted by molar-refractivity contribution is -0.177. The molecule has 3 aliphatic carbocycles. The molecule has 0 spiro atoms. The summed E-state index contributed by atoms with van der Waals surface area (Å²) in [6, 6.07) is 0. The van der Waals surface area contributed by atoms with Crippen LogP contribution in [0.5, 0.6) is 0 Å². The van der Waals surface area contributed by atoms with Gasteiger partial charge in [0.05, 0.1) is 5.41 Å². The Morgan fingerprint density at radius 1 is 1.21 bits per heavy atom. The fourth-order valence-corrected chi connectivity index (χ4v) is 6.20. The van der Waals surface area contributed by atoms with Gasteiger partial charge in [-0.15, -0.1) is 0 Å². The van der Waals surface area contributed by atoms with Gasteiger partial charge in [-0.25, -0.2) is 0 Å². The first-order valence-electron chi connectivity index (χ1n) is 9.43. The second kappa shape index (κ2) is 4.56. The number of esters is 1. The molecule has 7 unspecified atom stereocenters. The molecule has 2 bridgehead atoms. The summed E-state index contributed by atoms with van der Waals surface area (Å²) in [6.07, 6.45) is 2.69. The molecule has 1 saturated heterocycles. The van der Waals surface area contributed by atoms with E-state index in [2.05, 4.69) is 41.5 Å². The van der Waals surface area contributed by atoms with Crippen LogP contribution in [0.4, 0.5) is 0 Å². The van der Waals surface area contributed by atoms with Gasteiger partial charge in [0.2, 0.25) is 0 Å². The summed E-state index contributed by atoms with van der Waals surface area (Å²) in [5.74, 6) is 0.548. The third kappa shape index (κ3) is 2.14. The maximum absolute atomic E-state index is 13.2. The van der Waals surface area contributed by atoms with Gasteiger partial charge in [0.25, 0.3) is 0 Å². The molecular formula is C20H32O4. The molecule has 136 valence electrons. The summed E-state index contributed by atoms with van der Waals surface area (Å²) in [7, 11) is 0. The third-order valence-electron chi connectivity index (χ3n) is 7.40. The van der Waals surface area contributed by atoms with Crippen molar-refractivity contribution in [2.75, 3.05) is 0 Å². The molecule has 24 heavy (non-hydrogen) atoms. The molecule has 0 amide bonds. The number of carbonyl (C=O) groups is 1. The minimum atomic E-state index is -0.675. The first-order chi connectivity index (χ1) is 10.9. The highest BCUT2D eigenvalue weighted by atomic mass is 16.6. The van der Waals surface area contributed by atoms with Crippen molar-refractivity contribution in [2.24, 2.45) is 33.5 Å². The Morgan fingerprint density at radius 3 is 2.33 bits per heavy atom. The zero-order valence-electron chi connectivity index (χ0n) is 15.9. The van der Waals surface area contributed by atoms with Gasteiger partial charge in [0, 0.05) is 11.3 Å². The van der Waals surface area contributed by atoms with E-state index in [-0.39, 0.29) is 45.8 Å². The Labute approximate surface area is 145 Å². The average molecular weight is 336 g/mol. The van der Waals surface area contributed by atoms with E-state index in [1.165, 1.54) is 0 Å². The van der Waals surface area contributed by atoms with E-state index >= 15 is 0 Å². The molecule has 4 heteroatoms. The predicted molar refractivity (Wildman–Crippen MR) is 90.0 cm³/mol. The lowest BCUT2D eigenvalue weighted by Crippen LogP contribution is -2.43. The highest BCUT2D eigenvalue weighted by molar-refractivity contribution is 5.82. The van der Waals surface area contributed by atoms with Crippen molar-refractivity contribution in [3.63, 3.8) is 0 Å². The number of fused-ring (bicyclic) bond motifs is 1. The van der Waals surface area contributed by atoms with E-state index in [4.69, 9.17) is 9.47 Å². The zero-order valence-corrected chi connectivity index (χ0v) is 15.9. The number of hydrogen-bond donors (Lipinski definition) is 1. The van der Waals surface area contributed by atoms with Gasteiger partial charge in [-0.05, 0) is 42.4 Å². The van der Waals surface area contributed by atoms with Gasteiger partial charge < -0.3 is 14.6 Å². The van der Waals surface area contributed by atoms with Gasteiger partial charge in [0.15, 0.2) is 6.29 Å². The van der Waals surface area contributed by atoms with Crippen molar-refractivity contribution in [1.29, 1.82) is 0 Å². The molecule has 7 atom stereocenters. The third-order valence-corrected chi connectivity index (χ3v) is 7.40. The maximum atomic E-state index is 13.2. The smallest absolute Gasteiger partial charge is 0.313 e. The maximum Gasteiger partial charge on any atom is 0.313 e. The standard InChI is InChI=1S/C20H32O4/c1-17(2,3)9-20(10-18(20,4)5)16(22)24-14-13-11-7-19(14,6)8-12(11)15(21)23-13/h11-15,21H,7-10H2,1-6H3. The Bertz CT molecular complexity index is 577.